The van der Waals surface area contributed by atoms with Crippen molar-refractivity contribution in [3.63, 3.8) is 0 Å². The third-order valence-electron chi connectivity index (χ3n) is 1.74. The van der Waals surface area contributed by atoms with Crippen molar-refractivity contribution in [1.29, 1.82) is 0 Å². The summed E-state index contributed by atoms with van der Waals surface area (Å²) >= 11 is 7.08. The standard InChI is InChI=1S/C9H11ClO2S/c1-2-7(11)8(12)5-6-3-4-9(10)13-6/h3-4,7,11H,2,5H2,1H3. The maximum absolute atomic E-state index is 11.3. The molecule has 0 saturated heterocycles. The van der Waals surface area contributed by atoms with Crippen LogP contribution in [-0.2, 0) is 11.2 Å². The van der Waals surface area contributed by atoms with Crippen LogP contribution in [0.3, 0.4) is 0 Å². The normalized spacial score (nSPS) is 12.8. The van der Waals surface area contributed by atoms with Crippen LogP contribution < -0.4 is 0 Å². The summed E-state index contributed by atoms with van der Waals surface area (Å²) in [5, 5.41) is 9.22. The average molecular weight is 219 g/mol. The summed E-state index contributed by atoms with van der Waals surface area (Å²) in [6.45, 7) is 1.78. The second kappa shape index (κ2) is 4.74. The predicted molar refractivity (Wildman–Crippen MR) is 54.3 cm³/mol. The molecule has 13 heavy (non-hydrogen) atoms. The molecule has 0 aliphatic rings. The minimum absolute atomic E-state index is 0.138. The molecule has 0 amide bonds. The van der Waals surface area contributed by atoms with Gasteiger partial charge in [0.05, 0.1) is 4.34 Å². The fourth-order valence-corrected chi connectivity index (χ4v) is 2.06. The average Bonchev–Trinajstić information content (AvgIpc) is 2.49. The summed E-state index contributed by atoms with van der Waals surface area (Å²) in [5.74, 6) is -0.138. The van der Waals surface area contributed by atoms with Crippen LogP contribution in [0.25, 0.3) is 0 Å². The molecule has 1 heterocycles. The molecule has 4 heteroatoms. The number of aliphatic hydroxyl groups is 1. The molecule has 0 aliphatic carbocycles. The fourth-order valence-electron chi connectivity index (χ4n) is 0.964. The smallest absolute Gasteiger partial charge is 0.166 e. The Morgan fingerprint density at radius 1 is 1.69 bits per heavy atom. The van der Waals surface area contributed by atoms with Crippen molar-refractivity contribution >= 4 is 28.7 Å². The first-order chi connectivity index (χ1) is 6.13. The van der Waals surface area contributed by atoms with E-state index in [0.29, 0.717) is 10.8 Å². The Hall–Kier alpha value is -0.380. The quantitative estimate of drug-likeness (QED) is 0.842. The van der Waals surface area contributed by atoms with Gasteiger partial charge in [-0.25, -0.2) is 0 Å². The van der Waals surface area contributed by atoms with Gasteiger partial charge in [-0.15, -0.1) is 11.3 Å². The lowest BCUT2D eigenvalue weighted by Gasteiger charge is -2.04. The molecule has 0 aromatic carbocycles. The van der Waals surface area contributed by atoms with Gasteiger partial charge >= 0.3 is 0 Å². The zero-order chi connectivity index (χ0) is 9.84. The van der Waals surface area contributed by atoms with E-state index in [-0.39, 0.29) is 12.2 Å². The van der Waals surface area contributed by atoms with Crippen LogP contribution in [0.5, 0.6) is 0 Å². The number of hydrogen-bond donors (Lipinski definition) is 1. The molecule has 1 N–H and O–H groups in total. The Morgan fingerprint density at radius 2 is 2.38 bits per heavy atom. The molecule has 0 aliphatic heterocycles. The molecule has 1 aromatic heterocycles. The maximum Gasteiger partial charge on any atom is 0.166 e. The van der Waals surface area contributed by atoms with Crippen LogP contribution >= 0.6 is 22.9 Å². The van der Waals surface area contributed by atoms with Gasteiger partial charge in [-0.3, -0.25) is 4.79 Å². The van der Waals surface area contributed by atoms with Crippen LogP contribution in [0, 0.1) is 0 Å². The molecule has 0 fully saturated rings. The topological polar surface area (TPSA) is 37.3 Å². The van der Waals surface area contributed by atoms with E-state index in [2.05, 4.69) is 0 Å². The van der Waals surface area contributed by atoms with Crippen molar-refractivity contribution in [2.45, 2.75) is 25.9 Å². The van der Waals surface area contributed by atoms with E-state index in [4.69, 9.17) is 11.6 Å². The molecule has 0 saturated carbocycles. The number of carbonyl (C=O) groups excluding carboxylic acids is 1. The van der Waals surface area contributed by atoms with Crippen LogP contribution in [0.4, 0.5) is 0 Å². The molecule has 0 bridgehead atoms. The Labute approximate surface area is 86.2 Å². The van der Waals surface area contributed by atoms with Crippen molar-refractivity contribution in [3.05, 3.63) is 21.3 Å². The Kier molecular flexibility index (Phi) is 3.90. The highest BCUT2D eigenvalue weighted by Crippen LogP contribution is 2.22. The highest BCUT2D eigenvalue weighted by Gasteiger charge is 2.13. The summed E-state index contributed by atoms with van der Waals surface area (Å²) in [6.07, 6.45) is -0.0782. The Bertz CT molecular complexity index is 296. The molecule has 72 valence electrons. The first-order valence-electron chi connectivity index (χ1n) is 4.08. The highest BCUT2D eigenvalue weighted by atomic mass is 35.5. The molecule has 1 aromatic rings. The lowest BCUT2D eigenvalue weighted by atomic mass is 10.1. The van der Waals surface area contributed by atoms with E-state index in [1.807, 2.05) is 6.07 Å². The Balaban J connectivity index is 2.54. The van der Waals surface area contributed by atoms with Crippen molar-refractivity contribution in [1.82, 2.24) is 0 Å². The van der Waals surface area contributed by atoms with E-state index < -0.39 is 6.10 Å². The van der Waals surface area contributed by atoms with Gasteiger partial charge in [0.25, 0.3) is 0 Å². The van der Waals surface area contributed by atoms with Crippen molar-refractivity contribution < 1.29 is 9.90 Å². The summed E-state index contributed by atoms with van der Waals surface area (Å²) < 4.78 is 0.675. The van der Waals surface area contributed by atoms with Crippen molar-refractivity contribution in [2.24, 2.45) is 0 Å². The third-order valence-corrected chi connectivity index (χ3v) is 2.97. The molecule has 0 spiro atoms. The Morgan fingerprint density at radius 3 is 2.85 bits per heavy atom. The maximum atomic E-state index is 11.3. The molecule has 1 unspecified atom stereocenters. The number of rotatable bonds is 4. The summed E-state index contributed by atoms with van der Waals surface area (Å²) in [6, 6.07) is 3.57. The van der Waals surface area contributed by atoms with E-state index in [9.17, 15) is 9.90 Å². The number of Topliss-reactive ketones (excluding diaryl/α,β-unsaturated/α-hetero) is 1. The first-order valence-corrected chi connectivity index (χ1v) is 5.28. The molecule has 2 nitrogen and oxygen atoms in total. The zero-order valence-corrected chi connectivity index (χ0v) is 8.86. The second-order valence-electron chi connectivity index (χ2n) is 2.77. The van der Waals surface area contributed by atoms with E-state index in [0.717, 1.165) is 4.88 Å². The van der Waals surface area contributed by atoms with Crippen LogP contribution in [0.15, 0.2) is 12.1 Å². The number of aliphatic hydroxyl groups excluding tert-OH is 1. The summed E-state index contributed by atoms with van der Waals surface area (Å²) in [5.41, 5.74) is 0. The van der Waals surface area contributed by atoms with Gasteiger partial charge in [-0.2, -0.15) is 0 Å². The van der Waals surface area contributed by atoms with Gasteiger partial charge < -0.3 is 5.11 Å². The van der Waals surface area contributed by atoms with E-state index in [1.54, 1.807) is 13.0 Å². The van der Waals surface area contributed by atoms with Gasteiger partial charge in [0.2, 0.25) is 0 Å². The molecule has 0 radical (unpaired) electrons. The summed E-state index contributed by atoms with van der Waals surface area (Å²) in [4.78, 5) is 12.2. The predicted octanol–water partition coefficient (Wildman–Crippen LogP) is 2.28. The number of halogens is 1. The number of carbonyl (C=O) groups is 1. The number of thiophene rings is 1. The van der Waals surface area contributed by atoms with Gasteiger partial charge in [-0.1, -0.05) is 18.5 Å². The highest BCUT2D eigenvalue weighted by molar-refractivity contribution is 7.16. The lowest BCUT2D eigenvalue weighted by Crippen LogP contribution is -2.20. The van der Waals surface area contributed by atoms with E-state index in [1.165, 1.54) is 11.3 Å². The fraction of sp³-hybridized carbons (Fsp3) is 0.444. The number of ketones is 1. The van der Waals surface area contributed by atoms with Gasteiger partial charge in [-0.05, 0) is 18.6 Å². The minimum atomic E-state index is -0.833. The minimum Gasteiger partial charge on any atom is -0.385 e. The number of hydrogen-bond acceptors (Lipinski definition) is 3. The first kappa shape index (κ1) is 10.7. The van der Waals surface area contributed by atoms with Gasteiger partial charge in [0, 0.05) is 11.3 Å². The lowest BCUT2D eigenvalue weighted by molar-refractivity contribution is -0.126. The SMILES string of the molecule is CCC(O)C(=O)Cc1ccc(Cl)s1. The third kappa shape index (κ3) is 3.10. The summed E-state index contributed by atoms with van der Waals surface area (Å²) in [7, 11) is 0. The monoisotopic (exact) mass is 218 g/mol. The van der Waals surface area contributed by atoms with Gasteiger partial charge in [0.1, 0.15) is 6.10 Å². The van der Waals surface area contributed by atoms with E-state index >= 15 is 0 Å². The molecule has 1 rings (SSSR count). The van der Waals surface area contributed by atoms with Crippen molar-refractivity contribution in [3.8, 4) is 0 Å². The zero-order valence-electron chi connectivity index (χ0n) is 7.29. The van der Waals surface area contributed by atoms with Crippen molar-refractivity contribution in [2.75, 3.05) is 0 Å². The van der Waals surface area contributed by atoms with Gasteiger partial charge in [0.15, 0.2) is 5.78 Å². The van der Waals surface area contributed by atoms with Crippen LogP contribution in [0.2, 0.25) is 4.34 Å². The largest absolute Gasteiger partial charge is 0.385 e. The molecule has 1 atom stereocenters. The second-order valence-corrected chi connectivity index (χ2v) is 4.57. The van der Waals surface area contributed by atoms with Crippen LogP contribution in [-0.4, -0.2) is 17.0 Å². The molecular formula is C9H11ClO2S. The van der Waals surface area contributed by atoms with Crippen LogP contribution in [0.1, 0.15) is 18.2 Å². The molecular weight excluding hydrogens is 208 g/mol.